The number of para-hydroxylation sites is 1. The lowest BCUT2D eigenvalue weighted by atomic mass is 10.1. The second kappa shape index (κ2) is 8.81. The number of aryl methyl sites for hydroxylation is 1. The lowest BCUT2D eigenvalue weighted by molar-refractivity contribution is -0.914. The van der Waals surface area contributed by atoms with Crippen LogP contribution in [-0.4, -0.2) is 56.2 Å². The molecule has 0 radical (unpaired) electrons. The van der Waals surface area contributed by atoms with Gasteiger partial charge in [0.15, 0.2) is 6.04 Å². The van der Waals surface area contributed by atoms with Crippen LogP contribution in [-0.2, 0) is 9.53 Å². The third kappa shape index (κ3) is 4.27. The zero-order valence-electron chi connectivity index (χ0n) is 18.2. The van der Waals surface area contributed by atoms with Crippen molar-refractivity contribution < 1.29 is 19.2 Å². The number of esters is 1. The van der Waals surface area contributed by atoms with E-state index in [4.69, 9.17) is 4.74 Å². The molecule has 1 aliphatic heterocycles. The van der Waals surface area contributed by atoms with Crippen LogP contribution < -0.4 is 15.1 Å². The number of ether oxygens (including phenoxy) is 1. The van der Waals surface area contributed by atoms with E-state index >= 15 is 0 Å². The quantitative estimate of drug-likeness (QED) is 0.551. The highest BCUT2D eigenvalue weighted by atomic mass is 16.5. The largest absolute Gasteiger partial charge is 0.464 e. The van der Waals surface area contributed by atoms with Crippen LogP contribution in [0.2, 0.25) is 0 Å². The maximum atomic E-state index is 13.1. The van der Waals surface area contributed by atoms with Crippen molar-refractivity contribution in [3.05, 3.63) is 59.8 Å². The summed E-state index contributed by atoms with van der Waals surface area (Å²) in [5.41, 5.74) is 3.82. The molecular weight excluding hydrogens is 392 g/mol. The van der Waals surface area contributed by atoms with Crippen molar-refractivity contribution >= 4 is 34.2 Å². The summed E-state index contributed by atoms with van der Waals surface area (Å²) in [7, 11) is 1.34. The second-order valence-electron chi connectivity index (χ2n) is 8.11. The average Bonchev–Trinajstić information content (AvgIpc) is 3.16. The SMILES string of the molecule is COC(=O)c1[nH]c2ccc(C)cc2c1NC(=O)[C@@H](C)[NH+]1CCN(c2ccccc2)CC1. The van der Waals surface area contributed by atoms with E-state index in [-0.39, 0.29) is 17.6 Å². The van der Waals surface area contributed by atoms with Crippen molar-refractivity contribution in [2.24, 2.45) is 0 Å². The Kier molecular flexibility index (Phi) is 5.95. The number of nitrogens with one attached hydrogen (secondary N) is 3. The number of quaternary nitrogens is 1. The number of fused-ring (bicyclic) bond motifs is 1. The number of anilines is 2. The second-order valence-corrected chi connectivity index (χ2v) is 8.11. The third-order valence-electron chi connectivity index (χ3n) is 6.12. The molecule has 7 nitrogen and oxygen atoms in total. The van der Waals surface area contributed by atoms with Crippen LogP contribution in [0.1, 0.15) is 23.0 Å². The van der Waals surface area contributed by atoms with E-state index in [0.29, 0.717) is 5.69 Å². The molecule has 31 heavy (non-hydrogen) atoms. The van der Waals surface area contributed by atoms with E-state index in [0.717, 1.165) is 42.6 Å². The van der Waals surface area contributed by atoms with Gasteiger partial charge in [0.25, 0.3) is 5.91 Å². The molecular formula is C24H29N4O3+. The summed E-state index contributed by atoms with van der Waals surface area (Å²) >= 11 is 0. The number of nitrogens with zero attached hydrogens (tertiary/aromatic N) is 1. The fourth-order valence-corrected chi connectivity index (χ4v) is 4.23. The number of aromatic amines is 1. The van der Waals surface area contributed by atoms with Crippen molar-refractivity contribution in [2.45, 2.75) is 19.9 Å². The van der Waals surface area contributed by atoms with Crippen LogP contribution in [0.15, 0.2) is 48.5 Å². The number of hydrogen-bond acceptors (Lipinski definition) is 4. The minimum atomic E-state index is -0.499. The number of benzene rings is 2. The number of methoxy groups -OCH3 is 1. The highest BCUT2D eigenvalue weighted by molar-refractivity contribution is 6.11. The lowest BCUT2D eigenvalue weighted by Gasteiger charge is -2.36. The predicted octanol–water partition coefficient (Wildman–Crippen LogP) is 2.00. The molecule has 3 aromatic rings. The van der Waals surface area contributed by atoms with Crippen LogP contribution in [0, 0.1) is 6.92 Å². The van der Waals surface area contributed by atoms with Gasteiger partial charge in [-0.1, -0.05) is 29.8 Å². The van der Waals surface area contributed by atoms with Gasteiger partial charge in [0.2, 0.25) is 0 Å². The highest BCUT2D eigenvalue weighted by Crippen LogP contribution is 2.29. The van der Waals surface area contributed by atoms with Gasteiger partial charge in [-0.2, -0.15) is 0 Å². The summed E-state index contributed by atoms with van der Waals surface area (Å²) in [4.78, 5) is 32.1. The molecule has 4 rings (SSSR count). The van der Waals surface area contributed by atoms with Crippen LogP contribution in [0.25, 0.3) is 10.9 Å². The van der Waals surface area contributed by atoms with E-state index < -0.39 is 5.97 Å². The smallest absolute Gasteiger partial charge is 0.356 e. The Morgan fingerprint density at radius 3 is 2.52 bits per heavy atom. The molecule has 1 aromatic heterocycles. The van der Waals surface area contributed by atoms with Crippen LogP contribution >= 0.6 is 0 Å². The Labute approximate surface area is 182 Å². The first-order chi connectivity index (χ1) is 15.0. The molecule has 0 aliphatic carbocycles. The molecule has 1 atom stereocenters. The normalized spacial score (nSPS) is 15.6. The molecule has 1 fully saturated rings. The maximum Gasteiger partial charge on any atom is 0.356 e. The zero-order chi connectivity index (χ0) is 22.0. The van der Waals surface area contributed by atoms with Gasteiger partial charge in [0.1, 0.15) is 5.69 Å². The van der Waals surface area contributed by atoms with E-state index in [1.807, 2.05) is 50.2 Å². The maximum absolute atomic E-state index is 13.1. The number of amides is 1. The van der Waals surface area contributed by atoms with Gasteiger partial charge in [-0.05, 0) is 38.1 Å². The van der Waals surface area contributed by atoms with Gasteiger partial charge >= 0.3 is 5.97 Å². The summed E-state index contributed by atoms with van der Waals surface area (Å²) in [6, 6.07) is 15.9. The van der Waals surface area contributed by atoms with Gasteiger partial charge in [0, 0.05) is 16.6 Å². The summed E-state index contributed by atoms with van der Waals surface area (Å²) < 4.78 is 4.92. The molecule has 3 N–H and O–H groups in total. The van der Waals surface area contributed by atoms with Gasteiger partial charge in [0.05, 0.1) is 39.0 Å². The Hall–Kier alpha value is -3.32. The number of rotatable bonds is 5. The summed E-state index contributed by atoms with van der Waals surface area (Å²) in [6.07, 6.45) is 0. The van der Waals surface area contributed by atoms with E-state index in [2.05, 4.69) is 27.3 Å². The zero-order valence-corrected chi connectivity index (χ0v) is 18.2. The van der Waals surface area contributed by atoms with Crippen LogP contribution in [0.3, 0.4) is 0 Å². The third-order valence-corrected chi connectivity index (χ3v) is 6.12. The molecule has 1 amide bonds. The number of hydrogen-bond donors (Lipinski definition) is 3. The first kappa shape index (κ1) is 20.9. The van der Waals surface area contributed by atoms with E-state index in [1.165, 1.54) is 17.7 Å². The first-order valence-corrected chi connectivity index (χ1v) is 10.6. The van der Waals surface area contributed by atoms with Crippen LogP contribution in [0.4, 0.5) is 11.4 Å². The highest BCUT2D eigenvalue weighted by Gasteiger charge is 2.31. The topological polar surface area (TPSA) is 78.9 Å². The van der Waals surface area contributed by atoms with Gasteiger partial charge in [-0.15, -0.1) is 0 Å². The van der Waals surface area contributed by atoms with Crippen molar-refractivity contribution in [3.8, 4) is 0 Å². The van der Waals surface area contributed by atoms with Crippen molar-refractivity contribution in [1.29, 1.82) is 0 Å². The average molecular weight is 422 g/mol. The van der Waals surface area contributed by atoms with Gasteiger partial charge in [-0.3, -0.25) is 4.79 Å². The predicted molar refractivity (Wildman–Crippen MR) is 122 cm³/mol. The summed E-state index contributed by atoms with van der Waals surface area (Å²) in [6.45, 7) is 7.48. The Balaban J connectivity index is 1.49. The Bertz CT molecular complexity index is 1080. The molecule has 0 spiro atoms. The van der Waals surface area contributed by atoms with E-state index in [1.54, 1.807) is 0 Å². The summed E-state index contributed by atoms with van der Waals surface area (Å²) in [5, 5.41) is 3.82. The number of H-pyrrole nitrogens is 1. The molecule has 2 heterocycles. The standard InChI is InChI=1S/C24H28N4O3/c1-16-9-10-20-19(15-16)21(22(25-20)24(30)31-3)26-23(29)17(2)27-11-13-28(14-12-27)18-7-5-4-6-8-18/h4-10,15,17,25H,11-14H2,1-3H3,(H,26,29)/p+1/t17-/m1/s1. The Morgan fingerprint density at radius 1 is 1.13 bits per heavy atom. The molecule has 162 valence electrons. The van der Waals surface area contributed by atoms with Crippen molar-refractivity contribution in [2.75, 3.05) is 43.5 Å². The first-order valence-electron chi connectivity index (χ1n) is 10.6. The van der Waals surface area contributed by atoms with Gasteiger partial charge in [-0.25, -0.2) is 4.79 Å². The molecule has 7 heteroatoms. The number of carbonyl (C=O) groups is 2. The fourth-order valence-electron chi connectivity index (χ4n) is 4.23. The minimum Gasteiger partial charge on any atom is -0.464 e. The number of aromatic nitrogens is 1. The fraction of sp³-hybridized carbons (Fsp3) is 0.333. The monoisotopic (exact) mass is 421 g/mol. The molecule has 2 aromatic carbocycles. The summed E-state index contributed by atoms with van der Waals surface area (Å²) in [5.74, 6) is -0.601. The number of piperazine rings is 1. The van der Waals surface area contributed by atoms with Gasteiger partial charge < -0.3 is 24.8 Å². The number of carbonyl (C=O) groups excluding carboxylic acids is 2. The van der Waals surface area contributed by atoms with Crippen molar-refractivity contribution in [1.82, 2.24) is 4.98 Å². The molecule has 0 unspecified atom stereocenters. The Morgan fingerprint density at radius 2 is 1.84 bits per heavy atom. The lowest BCUT2D eigenvalue weighted by Crippen LogP contribution is -3.19. The van der Waals surface area contributed by atoms with E-state index in [9.17, 15) is 9.59 Å². The molecule has 1 saturated heterocycles. The van der Waals surface area contributed by atoms with Crippen molar-refractivity contribution in [3.63, 3.8) is 0 Å². The molecule has 0 bridgehead atoms. The molecule has 1 aliphatic rings. The molecule has 0 saturated carbocycles. The minimum absolute atomic E-state index is 0.101. The van der Waals surface area contributed by atoms with Crippen LogP contribution in [0.5, 0.6) is 0 Å².